The Morgan fingerprint density at radius 2 is 2.03 bits per heavy atom. The van der Waals surface area contributed by atoms with Crippen molar-refractivity contribution in [1.82, 2.24) is 10.2 Å². The van der Waals surface area contributed by atoms with Crippen molar-refractivity contribution in [2.75, 3.05) is 13.1 Å². The van der Waals surface area contributed by atoms with E-state index in [4.69, 9.17) is 4.74 Å². The second kappa shape index (κ2) is 8.05. The van der Waals surface area contributed by atoms with E-state index in [1.165, 1.54) is 25.1 Å². The summed E-state index contributed by atoms with van der Waals surface area (Å²) in [6, 6.07) is 7.01. The fourth-order valence-corrected chi connectivity index (χ4v) is 4.28. The number of likely N-dealkylation sites (tertiary alicyclic amines) is 1. The van der Waals surface area contributed by atoms with Crippen LogP contribution in [0.3, 0.4) is 0 Å². The van der Waals surface area contributed by atoms with Crippen molar-refractivity contribution in [3.8, 4) is 16.9 Å². The van der Waals surface area contributed by atoms with E-state index in [9.17, 15) is 18.4 Å². The molecule has 0 aromatic heterocycles. The Kier molecular flexibility index (Phi) is 5.45. The zero-order chi connectivity index (χ0) is 21.4. The van der Waals surface area contributed by atoms with E-state index in [1.54, 1.807) is 24.0 Å². The maximum absolute atomic E-state index is 14.2. The summed E-state index contributed by atoms with van der Waals surface area (Å²) >= 11 is 0. The lowest BCUT2D eigenvalue weighted by atomic mass is 9.99. The van der Waals surface area contributed by atoms with E-state index in [2.05, 4.69) is 5.32 Å². The number of nitrogens with one attached hydrogen (secondary N) is 1. The number of hydrogen-bond donors (Lipinski definition) is 1. The van der Waals surface area contributed by atoms with E-state index in [0.29, 0.717) is 41.8 Å². The summed E-state index contributed by atoms with van der Waals surface area (Å²) < 4.78 is 33.9. The second-order valence-corrected chi connectivity index (χ2v) is 7.97. The van der Waals surface area contributed by atoms with Crippen LogP contribution in [0.5, 0.6) is 5.75 Å². The number of benzene rings is 2. The van der Waals surface area contributed by atoms with Crippen molar-refractivity contribution < 1.29 is 23.1 Å². The standard InChI is InChI=1S/C23H24F2N2O3/c1-13-8-15(5-6-20(13)25)19-11-17(24)9-16-10-18(30-22(16)19)12-26-23(29)21-4-3-7-27(21)14(2)28/h5-6,8-9,11,18,21H,3-4,7,10,12H2,1-2H3,(H,26,29)/t18?,21-/m0/s1. The summed E-state index contributed by atoms with van der Waals surface area (Å²) in [4.78, 5) is 25.8. The SMILES string of the molecule is CC(=O)N1CCC[C@H]1C(=O)NCC1Cc2cc(F)cc(-c3ccc(F)c(C)c3)c2O1. The number of aryl methyl sites for hydroxylation is 1. The van der Waals surface area contributed by atoms with Gasteiger partial charge in [0.05, 0.1) is 6.54 Å². The van der Waals surface area contributed by atoms with Crippen LogP contribution in [0.1, 0.15) is 30.9 Å². The van der Waals surface area contributed by atoms with Gasteiger partial charge in [0.25, 0.3) is 0 Å². The van der Waals surface area contributed by atoms with Gasteiger partial charge in [-0.2, -0.15) is 0 Å². The number of carbonyl (C=O) groups is 2. The summed E-state index contributed by atoms with van der Waals surface area (Å²) in [5, 5.41) is 2.88. The van der Waals surface area contributed by atoms with Gasteiger partial charge in [-0.15, -0.1) is 0 Å². The normalized spacial score (nSPS) is 20.1. The first-order chi connectivity index (χ1) is 14.3. The zero-order valence-corrected chi connectivity index (χ0v) is 17.0. The van der Waals surface area contributed by atoms with Gasteiger partial charge in [0, 0.05) is 31.0 Å². The molecule has 2 aliphatic rings. The van der Waals surface area contributed by atoms with Gasteiger partial charge < -0.3 is 15.0 Å². The number of fused-ring (bicyclic) bond motifs is 1. The first kappa shape index (κ1) is 20.3. The Morgan fingerprint density at radius 3 is 2.77 bits per heavy atom. The molecule has 5 nitrogen and oxygen atoms in total. The molecule has 1 unspecified atom stereocenters. The summed E-state index contributed by atoms with van der Waals surface area (Å²) in [7, 11) is 0. The highest BCUT2D eigenvalue weighted by atomic mass is 19.1. The molecule has 7 heteroatoms. The molecule has 0 bridgehead atoms. The van der Waals surface area contributed by atoms with E-state index >= 15 is 0 Å². The van der Waals surface area contributed by atoms with Gasteiger partial charge in [0.2, 0.25) is 11.8 Å². The minimum atomic E-state index is -0.443. The largest absolute Gasteiger partial charge is 0.487 e. The van der Waals surface area contributed by atoms with Crippen molar-refractivity contribution >= 4 is 11.8 Å². The lowest BCUT2D eigenvalue weighted by Gasteiger charge is -2.23. The third-order valence-corrected chi connectivity index (χ3v) is 5.80. The summed E-state index contributed by atoms with van der Waals surface area (Å²) in [6.07, 6.45) is 1.58. The highest BCUT2D eigenvalue weighted by molar-refractivity contribution is 5.87. The molecule has 0 saturated carbocycles. The van der Waals surface area contributed by atoms with Gasteiger partial charge in [-0.3, -0.25) is 9.59 Å². The molecule has 0 spiro atoms. The molecule has 2 aromatic rings. The van der Waals surface area contributed by atoms with Crippen LogP contribution >= 0.6 is 0 Å². The second-order valence-electron chi connectivity index (χ2n) is 7.97. The van der Waals surface area contributed by atoms with Crippen molar-refractivity contribution in [3.63, 3.8) is 0 Å². The van der Waals surface area contributed by atoms with Gasteiger partial charge in [0.15, 0.2) is 0 Å². The van der Waals surface area contributed by atoms with E-state index in [0.717, 1.165) is 12.0 Å². The number of nitrogens with zero attached hydrogens (tertiary/aromatic N) is 1. The van der Waals surface area contributed by atoms with E-state index < -0.39 is 6.04 Å². The molecule has 2 atom stereocenters. The van der Waals surface area contributed by atoms with Crippen molar-refractivity contribution in [2.24, 2.45) is 0 Å². The Labute approximate surface area is 174 Å². The minimum Gasteiger partial charge on any atom is -0.487 e. The molecular weight excluding hydrogens is 390 g/mol. The van der Waals surface area contributed by atoms with Crippen molar-refractivity contribution in [1.29, 1.82) is 0 Å². The minimum absolute atomic E-state index is 0.105. The molecule has 1 N–H and O–H groups in total. The van der Waals surface area contributed by atoms with Crippen LogP contribution in [-0.4, -0.2) is 41.9 Å². The Bertz CT molecular complexity index is 1010. The van der Waals surface area contributed by atoms with Crippen LogP contribution < -0.4 is 10.1 Å². The number of hydrogen-bond acceptors (Lipinski definition) is 3. The predicted octanol–water partition coefficient (Wildman–Crippen LogP) is 3.37. The van der Waals surface area contributed by atoms with Crippen LogP contribution in [0.4, 0.5) is 8.78 Å². The molecule has 0 aliphatic carbocycles. The van der Waals surface area contributed by atoms with E-state index in [-0.39, 0.29) is 36.1 Å². The Hall–Kier alpha value is -2.96. The number of carbonyl (C=O) groups excluding carboxylic acids is 2. The summed E-state index contributed by atoms with van der Waals surface area (Å²) in [5.74, 6) is -0.440. The lowest BCUT2D eigenvalue weighted by Crippen LogP contribution is -2.47. The molecule has 4 rings (SSSR count). The molecule has 2 aromatic carbocycles. The van der Waals surface area contributed by atoms with Crippen molar-refractivity contribution in [2.45, 2.75) is 45.3 Å². The maximum Gasteiger partial charge on any atom is 0.242 e. The number of halogens is 2. The highest BCUT2D eigenvalue weighted by Crippen LogP contribution is 2.40. The van der Waals surface area contributed by atoms with Gasteiger partial charge in [-0.25, -0.2) is 8.78 Å². The third kappa shape index (κ3) is 3.88. The molecule has 2 aliphatic heterocycles. The Balaban J connectivity index is 1.47. The van der Waals surface area contributed by atoms with Crippen LogP contribution in [0.15, 0.2) is 30.3 Å². The molecule has 1 saturated heterocycles. The molecule has 0 radical (unpaired) electrons. The molecule has 1 fully saturated rings. The fourth-order valence-electron chi connectivity index (χ4n) is 4.28. The van der Waals surface area contributed by atoms with Crippen LogP contribution in [0.25, 0.3) is 11.1 Å². The lowest BCUT2D eigenvalue weighted by molar-refractivity contribution is -0.137. The first-order valence-corrected chi connectivity index (χ1v) is 10.1. The maximum atomic E-state index is 14.2. The monoisotopic (exact) mass is 414 g/mol. The van der Waals surface area contributed by atoms with Gasteiger partial charge >= 0.3 is 0 Å². The quantitative estimate of drug-likeness (QED) is 0.835. The van der Waals surface area contributed by atoms with Crippen LogP contribution in [-0.2, 0) is 16.0 Å². The average Bonchev–Trinajstić information content (AvgIpc) is 3.34. The van der Waals surface area contributed by atoms with Crippen LogP contribution in [0, 0.1) is 18.6 Å². The summed E-state index contributed by atoms with van der Waals surface area (Å²) in [5.41, 5.74) is 2.44. The molecule has 30 heavy (non-hydrogen) atoms. The van der Waals surface area contributed by atoms with E-state index in [1.807, 2.05) is 0 Å². The predicted molar refractivity (Wildman–Crippen MR) is 108 cm³/mol. The van der Waals surface area contributed by atoms with Crippen molar-refractivity contribution in [3.05, 3.63) is 53.1 Å². The molecule has 2 amide bonds. The van der Waals surface area contributed by atoms with Gasteiger partial charge in [0.1, 0.15) is 29.5 Å². The molecule has 158 valence electrons. The zero-order valence-electron chi connectivity index (χ0n) is 17.0. The Morgan fingerprint density at radius 1 is 1.23 bits per heavy atom. The smallest absolute Gasteiger partial charge is 0.242 e. The van der Waals surface area contributed by atoms with Gasteiger partial charge in [-0.1, -0.05) is 6.07 Å². The van der Waals surface area contributed by atoms with Gasteiger partial charge in [-0.05, 0) is 55.2 Å². The fraction of sp³-hybridized carbons (Fsp3) is 0.391. The number of amides is 2. The summed E-state index contributed by atoms with van der Waals surface area (Å²) in [6.45, 7) is 3.98. The first-order valence-electron chi connectivity index (χ1n) is 10.1. The molecular formula is C23H24F2N2O3. The topological polar surface area (TPSA) is 58.6 Å². The molecule has 2 heterocycles. The third-order valence-electron chi connectivity index (χ3n) is 5.80. The van der Waals surface area contributed by atoms with Crippen LogP contribution in [0.2, 0.25) is 0 Å². The highest BCUT2D eigenvalue weighted by Gasteiger charge is 2.33. The number of ether oxygens (including phenoxy) is 1. The average molecular weight is 414 g/mol. The number of rotatable bonds is 4.